The summed E-state index contributed by atoms with van der Waals surface area (Å²) >= 11 is 0. The second kappa shape index (κ2) is 6.00. The highest BCUT2D eigenvalue weighted by molar-refractivity contribution is 5.66. The van der Waals surface area contributed by atoms with Crippen LogP contribution >= 0.6 is 0 Å². The summed E-state index contributed by atoms with van der Waals surface area (Å²) in [6.45, 7) is 0.215. The zero-order valence-corrected chi connectivity index (χ0v) is 11.1. The Bertz CT molecular complexity index is 481. The quantitative estimate of drug-likeness (QED) is 0.634. The normalized spacial score (nSPS) is 26.1. The predicted octanol–water partition coefficient (Wildman–Crippen LogP) is 1.99. The number of carbonyl (C=O) groups is 1. The van der Waals surface area contributed by atoms with Gasteiger partial charge in [-0.3, -0.25) is 14.9 Å². The average molecular weight is 278 g/mol. The SMILES string of the molecule is O=C(O)CC[C@]1([N+](=O)[O-])CCC(c2ccccc2)NC1. The van der Waals surface area contributed by atoms with E-state index in [-0.39, 0.29) is 30.4 Å². The third-order valence-corrected chi connectivity index (χ3v) is 3.97. The Morgan fingerprint density at radius 1 is 1.45 bits per heavy atom. The molecule has 2 atom stereocenters. The molecule has 0 radical (unpaired) electrons. The number of nitrogens with zero attached hydrogens (tertiary/aromatic N) is 1. The number of carboxylic acid groups (broad SMARTS) is 1. The fourth-order valence-electron chi connectivity index (χ4n) is 2.69. The van der Waals surface area contributed by atoms with Gasteiger partial charge in [-0.2, -0.15) is 0 Å². The molecule has 1 aliphatic rings. The van der Waals surface area contributed by atoms with Crippen molar-refractivity contribution >= 4 is 5.97 Å². The average Bonchev–Trinajstić information content (AvgIpc) is 2.46. The molecule has 0 aromatic heterocycles. The molecule has 6 heteroatoms. The van der Waals surface area contributed by atoms with Crippen LogP contribution in [0.3, 0.4) is 0 Å². The highest BCUT2D eigenvalue weighted by Crippen LogP contribution is 2.33. The molecule has 0 aliphatic carbocycles. The molecule has 1 aliphatic heterocycles. The first-order valence-corrected chi connectivity index (χ1v) is 6.68. The Kier molecular flexibility index (Phi) is 4.34. The van der Waals surface area contributed by atoms with E-state index in [4.69, 9.17) is 5.11 Å². The van der Waals surface area contributed by atoms with E-state index in [2.05, 4.69) is 5.32 Å². The largest absolute Gasteiger partial charge is 0.481 e. The van der Waals surface area contributed by atoms with E-state index in [0.717, 1.165) is 5.56 Å². The molecule has 2 rings (SSSR count). The number of rotatable bonds is 5. The summed E-state index contributed by atoms with van der Waals surface area (Å²) in [6, 6.07) is 9.91. The highest BCUT2D eigenvalue weighted by Gasteiger charge is 2.46. The summed E-state index contributed by atoms with van der Waals surface area (Å²) in [5.74, 6) is -0.989. The second-order valence-electron chi connectivity index (χ2n) is 5.26. The van der Waals surface area contributed by atoms with Gasteiger partial charge >= 0.3 is 5.97 Å². The van der Waals surface area contributed by atoms with E-state index in [1.807, 2.05) is 30.3 Å². The summed E-state index contributed by atoms with van der Waals surface area (Å²) in [6.07, 6.45) is 0.951. The molecule has 1 fully saturated rings. The number of carboxylic acids is 1. The summed E-state index contributed by atoms with van der Waals surface area (Å²) in [7, 11) is 0. The van der Waals surface area contributed by atoms with Crippen LogP contribution in [0, 0.1) is 10.1 Å². The molecule has 0 bridgehead atoms. The van der Waals surface area contributed by atoms with Gasteiger partial charge in [0.1, 0.15) is 0 Å². The molecule has 6 nitrogen and oxygen atoms in total. The van der Waals surface area contributed by atoms with Crippen LogP contribution in [0.2, 0.25) is 0 Å². The van der Waals surface area contributed by atoms with Gasteiger partial charge in [0.15, 0.2) is 0 Å². The minimum atomic E-state index is -1.15. The van der Waals surface area contributed by atoms with Crippen LogP contribution in [0.1, 0.15) is 37.3 Å². The van der Waals surface area contributed by atoms with Crippen LogP contribution < -0.4 is 5.32 Å². The highest BCUT2D eigenvalue weighted by atomic mass is 16.6. The lowest BCUT2D eigenvalue weighted by Crippen LogP contribution is -2.52. The third-order valence-electron chi connectivity index (χ3n) is 3.97. The number of nitro groups is 1. The number of nitrogens with one attached hydrogen (secondary N) is 1. The van der Waals surface area contributed by atoms with E-state index in [1.54, 1.807) is 0 Å². The molecule has 1 heterocycles. The number of hydrogen-bond acceptors (Lipinski definition) is 4. The molecule has 108 valence electrons. The Hall–Kier alpha value is -1.95. The smallest absolute Gasteiger partial charge is 0.303 e. The van der Waals surface area contributed by atoms with Crippen molar-refractivity contribution in [1.29, 1.82) is 0 Å². The van der Waals surface area contributed by atoms with Crippen molar-refractivity contribution in [3.63, 3.8) is 0 Å². The van der Waals surface area contributed by atoms with E-state index < -0.39 is 11.5 Å². The fourth-order valence-corrected chi connectivity index (χ4v) is 2.69. The topological polar surface area (TPSA) is 92.5 Å². The van der Waals surface area contributed by atoms with Gasteiger partial charge in [0.25, 0.3) is 0 Å². The Balaban J connectivity index is 2.03. The van der Waals surface area contributed by atoms with E-state index in [1.165, 1.54) is 0 Å². The van der Waals surface area contributed by atoms with Crippen LogP contribution in [0.4, 0.5) is 0 Å². The number of piperidine rings is 1. The molecule has 1 aromatic carbocycles. The lowest BCUT2D eigenvalue weighted by atomic mass is 9.82. The second-order valence-corrected chi connectivity index (χ2v) is 5.26. The molecular formula is C14H18N2O4. The zero-order chi connectivity index (χ0) is 14.6. The molecule has 20 heavy (non-hydrogen) atoms. The molecule has 0 saturated carbocycles. The van der Waals surface area contributed by atoms with Gasteiger partial charge in [-0.25, -0.2) is 0 Å². The number of hydrogen-bond donors (Lipinski definition) is 2. The fraction of sp³-hybridized carbons (Fsp3) is 0.500. The van der Waals surface area contributed by atoms with E-state index >= 15 is 0 Å². The third kappa shape index (κ3) is 3.14. The van der Waals surface area contributed by atoms with Crippen molar-refractivity contribution in [3.8, 4) is 0 Å². The molecular weight excluding hydrogens is 260 g/mol. The van der Waals surface area contributed by atoms with Crippen LogP contribution in [0.15, 0.2) is 30.3 Å². The van der Waals surface area contributed by atoms with Crippen molar-refractivity contribution < 1.29 is 14.8 Å². The lowest BCUT2D eigenvalue weighted by molar-refractivity contribution is -0.572. The lowest BCUT2D eigenvalue weighted by Gasteiger charge is -2.34. The number of aliphatic carboxylic acids is 1. The van der Waals surface area contributed by atoms with Crippen LogP contribution in [0.5, 0.6) is 0 Å². The van der Waals surface area contributed by atoms with Crippen molar-refractivity contribution in [2.75, 3.05) is 6.54 Å². The number of benzene rings is 1. The Labute approximate surface area is 117 Å². The molecule has 1 saturated heterocycles. The van der Waals surface area contributed by atoms with Crippen molar-refractivity contribution in [1.82, 2.24) is 5.32 Å². The molecule has 1 aromatic rings. The van der Waals surface area contributed by atoms with Crippen LogP contribution in [-0.4, -0.2) is 28.1 Å². The summed E-state index contributed by atoms with van der Waals surface area (Å²) < 4.78 is 0. The van der Waals surface area contributed by atoms with Crippen molar-refractivity contribution in [3.05, 3.63) is 46.0 Å². The molecule has 2 N–H and O–H groups in total. The first-order chi connectivity index (χ1) is 9.53. The van der Waals surface area contributed by atoms with Gasteiger partial charge in [0.05, 0.1) is 13.0 Å². The van der Waals surface area contributed by atoms with Gasteiger partial charge in [0, 0.05) is 23.8 Å². The van der Waals surface area contributed by atoms with Crippen LogP contribution in [0.25, 0.3) is 0 Å². The van der Waals surface area contributed by atoms with E-state index in [0.29, 0.717) is 12.8 Å². The van der Waals surface area contributed by atoms with Gasteiger partial charge in [0.2, 0.25) is 5.54 Å². The monoisotopic (exact) mass is 278 g/mol. The first kappa shape index (κ1) is 14.5. The maximum atomic E-state index is 11.3. The Morgan fingerprint density at radius 2 is 2.15 bits per heavy atom. The van der Waals surface area contributed by atoms with E-state index in [9.17, 15) is 14.9 Å². The first-order valence-electron chi connectivity index (χ1n) is 6.68. The van der Waals surface area contributed by atoms with Crippen molar-refractivity contribution in [2.24, 2.45) is 0 Å². The standard InChI is InChI=1S/C14H18N2O4/c17-13(18)7-9-14(16(19)20)8-6-12(15-10-14)11-4-2-1-3-5-11/h1-5,12,15H,6-10H2,(H,17,18)/t12?,14-/m1/s1. The minimum absolute atomic E-state index is 0.0733. The maximum Gasteiger partial charge on any atom is 0.303 e. The Morgan fingerprint density at radius 3 is 2.65 bits per heavy atom. The summed E-state index contributed by atoms with van der Waals surface area (Å²) in [4.78, 5) is 21.6. The van der Waals surface area contributed by atoms with Gasteiger partial charge in [-0.15, -0.1) is 0 Å². The summed E-state index contributed by atoms with van der Waals surface area (Å²) in [5.41, 5.74) is -0.0355. The maximum absolute atomic E-state index is 11.3. The van der Waals surface area contributed by atoms with Gasteiger partial charge < -0.3 is 10.4 Å². The zero-order valence-electron chi connectivity index (χ0n) is 11.1. The van der Waals surface area contributed by atoms with Gasteiger partial charge in [-0.1, -0.05) is 30.3 Å². The molecule has 0 spiro atoms. The summed E-state index contributed by atoms with van der Waals surface area (Å²) in [5, 5.41) is 23.2. The van der Waals surface area contributed by atoms with Crippen molar-refractivity contribution in [2.45, 2.75) is 37.3 Å². The van der Waals surface area contributed by atoms with Gasteiger partial charge in [-0.05, 0) is 12.0 Å². The van der Waals surface area contributed by atoms with Crippen LogP contribution in [-0.2, 0) is 4.79 Å². The molecule has 1 unspecified atom stereocenters. The molecule has 0 amide bonds. The predicted molar refractivity (Wildman–Crippen MR) is 73.0 cm³/mol. The minimum Gasteiger partial charge on any atom is -0.481 e.